The van der Waals surface area contributed by atoms with Gasteiger partial charge in [-0.3, -0.25) is 0 Å². The van der Waals surface area contributed by atoms with Gasteiger partial charge in [0.2, 0.25) is 0 Å². The molecule has 2 rings (SSSR count). The van der Waals surface area contributed by atoms with Gasteiger partial charge in [-0.1, -0.05) is 15.9 Å². The van der Waals surface area contributed by atoms with E-state index in [2.05, 4.69) is 50.9 Å². The molecule has 5 heteroatoms. The van der Waals surface area contributed by atoms with E-state index < -0.39 is 0 Å². The lowest BCUT2D eigenvalue weighted by molar-refractivity contribution is 0.416. The van der Waals surface area contributed by atoms with Gasteiger partial charge >= 0.3 is 0 Å². The Morgan fingerprint density at radius 2 is 2.06 bits per heavy atom. The highest BCUT2D eigenvalue weighted by atomic mass is 79.9. The molecule has 0 radical (unpaired) electrons. The molecule has 0 saturated heterocycles. The highest BCUT2D eigenvalue weighted by Crippen LogP contribution is 2.41. The summed E-state index contributed by atoms with van der Waals surface area (Å²) in [6.07, 6.45) is 0. The highest BCUT2D eigenvalue weighted by molar-refractivity contribution is 9.10. The van der Waals surface area contributed by atoms with Crippen molar-refractivity contribution >= 4 is 54.5 Å². The number of hydrogen-bond donors (Lipinski definition) is 0. The van der Waals surface area contributed by atoms with Gasteiger partial charge in [0.1, 0.15) is 5.75 Å². The Morgan fingerprint density at radius 1 is 1.31 bits per heavy atom. The van der Waals surface area contributed by atoms with Crippen molar-refractivity contribution in [1.82, 2.24) is 0 Å². The first-order valence-corrected chi connectivity index (χ1v) is 8.04. The lowest BCUT2D eigenvalue weighted by Gasteiger charge is -2.03. The second-order valence-electron chi connectivity index (χ2n) is 3.30. The fourth-order valence-electron chi connectivity index (χ4n) is 1.32. The zero-order valence-corrected chi connectivity index (χ0v) is 13.6. The predicted molar refractivity (Wildman–Crippen MR) is 78.4 cm³/mol. The van der Waals surface area contributed by atoms with Gasteiger partial charge in [-0.2, -0.15) is 0 Å². The van der Waals surface area contributed by atoms with Crippen LogP contribution in [0.3, 0.4) is 0 Å². The zero-order chi connectivity index (χ0) is 11.7. The second-order valence-corrected chi connectivity index (χ2v) is 7.31. The first-order valence-electron chi connectivity index (χ1n) is 4.64. The summed E-state index contributed by atoms with van der Waals surface area (Å²) < 4.78 is 6.37. The van der Waals surface area contributed by atoms with Crippen LogP contribution in [0, 0.1) is 6.92 Å². The van der Waals surface area contributed by atoms with Gasteiger partial charge in [0.15, 0.2) is 0 Å². The largest absolute Gasteiger partial charge is 0.496 e. The Kier molecular flexibility index (Phi) is 4.11. The van der Waals surface area contributed by atoms with E-state index in [0.717, 1.165) is 5.75 Å². The van der Waals surface area contributed by atoms with Crippen LogP contribution in [0.2, 0.25) is 0 Å². The number of methoxy groups -OCH3 is 1. The molecule has 0 amide bonds. The van der Waals surface area contributed by atoms with Gasteiger partial charge < -0.3 is 4.74 Å². The van der Waals surface area contributed by atoms with Crippen LogP contribution in [0.1, 0.15) is 19.5 Å². The van der Waals surface area contributed by atoms with Gasteiger partial charge in [0, 0.05) is 24.5 Å². The van der Waals surface area contributed by atoms with Crippen LogP contribution < -0.4 is 4.74 Å². The molecule has 0 saturated carbocycles. The van der Waals surface area contributed by atoms with Gasteiger partial charge in [-0.15, -0.1) is 22.7 Å². The molecule has 0 aliphatic rings. The van der Waals surface area contributed by atoms with Gasteiger partial charge in [0.05, 0.1) is 11.9 Å². The summed E-state index contributed by atoms with van der Waals surface area (Å²) in [5.41, 5.74) is 0. The third-order valence-corrected chi connectivity index (χ3v) is 6.98. The fraction of sp³-hybridized carbons (Fsp3) is 0.273. The van der Waals surface area contributed by atoms with Crippen LogP contribution in [-0.2, 0) is 0 Å². The SMILES string of the molecule is COc1csc(C(Br)c2cc(Br)c(C)s2)c1. The predicted octanol–water partition coefficient (Wildman–Crippen LogP) is 5.37. The van der Waals surface area contributed by atoms with Crippen molar-refractivity contribution in [3.63, 3.8) is 0 Å². The van der Waals surface area contributed by atoms with E-state index in [1.54, 1.807) is 29.8 Å². The van der Waals surface area contributed by atoms with Crippen molar-refractivity contribution in [1.29, 1.82) is 0 Å². The molecule has 0 aliphatic carbocycles. The molecule has 2 aromatic heterocycles. The van der Waals surface area contributed by atoms with E-state index in [9.17, 15) is 0 Å². The van der Waals surface area contributed by atoms with Crippen molar-refractivity contribution in [2.75, 3.05) is 7.11 Å². The van der Waals surface area contributed by atoms with Crippen LogP contribution in [0.5, 0.6) is 5.75 Å². The number of halogens is 2. The molecule has 2 aromatic rings. The summed E-state index contributed by atoms with van der Waals surface area (Å²) in [7, 11) is 1.70. The number of ether oxygens (including phenoxy) is 1. The molecule has 1 atom stereocenters. The topological polar surface area (TPSA) is 9.23 Å². The third kappa shape index (κ3) is 2.53. The second kappa shape index (κ2) is 5.21. The number of thiophene rings is 2. The molecule has 0 spiro atoms. The maximum absolute atomic E-state index is 5.19. The van der Waals surface area contributed by atoms with Crippen LogP contribution in [0.15, 0.2) is 22.0 Å². The van der Waals surface area contributed by atoms with Crippen LogP contribution in [0.25, 0.3) is 0 Å². The van der Waals surface area contributed by atoms with Crippen molar-refractivity contribution in [2.24, 2.45) is 0 Å². The van der Waals surface area contributed by atoms with E-state index >= 15 is 0 Å². The first kappa shape index (κ1) is 12.6. The van der Waals surface area contributed by atoms with E-state index in [4.69, 9.17) is 4.74 Å². The molecular formula is C11H10Br2OS2. The Labute approximate surface area is 120 Å². The molecule has 0 aromatic carbocycles. The van der Waals surface area contributed by atoms with E-state index in [1.165, 1.54) is 19.1 Å². The molecule has 86 valence electrons. The van der Waals surface area contributed by atoms with Crippen LogP contribution >= 0.6 is 54.5 Å². The molecule has 0 fully saturated rings. The molecule has 2 heterocycles. The summed E-state index contributed by atoms with van der Waals surface area (Å²) in [4.78, 5) is 4.15. The summed E-state index contributed by atoms with van der Waals surface area (Å²) in [6.45, 7) is 2.12. The molecule has 1 nitrogen and oxygen atoms in total. The minimum Gasteiger partial charge on any atom is -0.496 e. The molecule has 16 heavy (non-hydrogen) atoms. The quantitative estimate of drug-likeness (QED) is 0.649. The zero-order valence-electron chi connectivity index (χ0n) is 8.79. The highest BCUT2D eigenvalue weighted by Gasteiger charge is 2.16. The Balaban J connectivity index is 2.27. The van der Waals surface area contributed by atoms with Crippen LogP contribution in [0.4, 0.5) is 0 Å². The lowest BCUT2D eigenvalue weighted by Crippen LogP contribution is -1.84. The van der Waals surface area contributed by atoms with Gasteiger partial charge in [0.25, 0.3) is 0 Å². The molecule has 1 unspecified atom stereocenters. The maximum atomic E-state index is 5.19. The van der Waals surface area contributed by atoms with E-state index in [0.29, 0.717) is 0 Å². The first-order chi connectivity index (χ1) is 7.61. The Hall–Kier alpha value is 0.160. The van der Waals surface area contributed by atoms with Crippen molar-refractivity contribution in [3.05, 3.63) is 36.6 Å². The molecule has 0 aliphatic heterocycles. The third-order valence-electron chi connectivity index (χ3n) is 2.21. The maximum Gasteiger partial charge on any atom is 0.129 e. The normalized spacial score (nSPS) is 12.8. The monoisotopic (exact) mass is 380 g/mol. The average molecular weight is 382 g/mol. The Bertz CT molecular complexity index is 470. The Morgan fingerprint density at radius 3 is 2.56 bits per heavy atom. The van der Waals surface area contributed by atoms with E-state index in [-0.39, 0.29) is 4.83 Å². The molecule has 0 N–H and O–H groups in total. The average Bonchev–Trinajstić information content (AvgIpc) is 2.86. The fourth-order valence-corrected chi connectivity index (χ4v) is 4.67. The van der Waals surface area contributed by atoms with E-state index in [1.807, 2.05) is 5.38 Å². The summed E-state index contributed by atoms with van der Waals surface area (Å²) >= 11 is 10.8. The minimum absolute atomic E-state index is 0.261. The van der Waals surface area contributed by atoms with Crippen molar-refractivity contribution < 1.29 is 4.74 Å². The summed E-state index contributed by atoms with van der Waals surface area (Å²) in [6, 6.07) is 4.25. The minimum atomic E-state index is 0.261. The van der Waals surface area contributed by atoms with Crippen molar-refractivity contribution in [2.45, 2.75) is 11.8 Å². The summed E-state index contributed by atoms with van der Waals surface area (Å²) in [5.74, 6) is 0.928. The van der Waals surface area contributed by atoms with Crippen LogP contribution in [-0.4, -0.2) is 7.11 Å². The lowest BCUT2D eigenvalue weighted by atomic mass is 10.3. The van der Waals surface area contributed by atoms with Gasteiger partial charge in [-0.05, 0) is 35.0 Å². The number of rotatable bonds is 3. The van der Waals surface area contributed by atoms with Gasteiger partial charge in [-0.25, -0.2) is 0 Å². The smallest absolute Gasteiger partial charge is 0.129 e. The summed E-state index contributed by atoms with van der Waals surface area (Å²) in [5, 5.41) is 2.03. The number of hydrogen-bond acceptors (Lipinski definition) is 3. The molecule has 0 bridgehead atoms. The van der Waals surface area contributed by atoms with Crippen molar-refractivity contribution in [3.8, 4) is 5.75 Å². The number of alkyl halides is 1. The molecular weight excluding hydrogens is 372 g/mol. The number of aryl methyl sites for hydroxylation is 1. The standard InChI is InChI=1S/C11H10Br2OS2/c1-6-8(12)4-10(16-6)11(13)9-3-7(14-2)5-15-9/h3-5,11H,1-2H3.